The van der Waals surface area contributed by atoms with E-state index >= 15 is 0 Å². The highest BCUT2D eigenvalue weighted by Crippen LogP contribution is 2.15. The van der Waals surface area contributed by atoms with Gasteiger partial charge in [0, 0.05) is 32.2 Å². The van der Waals surface area contributed by atoms with Gasteiger partial charge in [0.05, 0.1) is 12.1 Å². The summed E-state index contributed by atoms with van der Waals surface area (Å²) in [6.45, 7) is 6.51. The van der Waals surface area contributed by atoms with E-state index in [-0.39, 0.29) is 12.4 Å². The van der Waals surface area contributed by atoms with E-state index in [1.807, 2.05) is 12.1 Å². The van der Waals surface area contributed by atoms with Gasteiger partial charge in [-0.15, -0.1) is 0 Å². The summed E-state index contributed by atoms with van der Waals surface area (Å²) in [6, 6.07) is 5.69. The van der Waals surface area contributed by atoms with Crippen LogP contribution in [0.15, 0.2) is 18.2 Å². The van der Waals surface area contributed by atoms with Crippen molar-refractivity contribution in [3.8, 4) is 11.8 Å². The van der Waals surface area contributed by atoms with Crippen LogP contribution in [-0.2, 0) is 6.54 Å². The molecule has 1 fully saturated rings. The van der Waals surface area contributed by atoms with Crippen molar-refractivity contribution in [3.05, 3.63) is 35.1 Å². The Balaban J connectivity index is 2.09. The van der Waals surface area contributed by atoms with Crippen LogP contribution in [0.4, 0.5) is 4.39 Å². The fraction of sp³-hybridized carbons (Fsp3) is 0.500. The van der Waals surface area contributed by atoms with Crippen molar-refractivity contribution in [2.45, 2.75) is 19.5 Å². The first-order chi connectivity index (χ1) is 9.60. The maximum Gasteiger partial charge on any atom is 0.138 e. The molecular formula is C16H22FN3. The molecule has 20 heavy (non-hydrogen) atoms. The minimum atomic E-state index is -0.277. The standard InChI is InChI=1S/C16H22FN3/c1-13-11-19(2)8-9-20(13)12-14-5-6-16(17)15(10-14)4-3-7-18/h5-6,10,13H,7-9,11-12,18H2,1-2H3. The maximum atomic E-state index is 13.6. The third-order valence-corrected chi connectivity index (χ3v) is 3.71. The molecule has 2 rings (SSSR count). The van der Waals surface area contributed by atoms with E-state index in [0.717, 1.165) is 31.7 Å². The summed E-state index contributed by atoms with van der Waals surface area (Å²) in [5.74, 6) is 5.22. The molecule has 1 saturated heterocycles. The Morgan fingerprint density at radius 2 is 2.20 bits per heavy atom. The highest BCUT2D eigenvalue weighted by atomic mass is 19.1. The molecule has 1 aromatic carbocycles. The monoisotopic (exact) mass is 275 g/mol. The SMILES string of the molecule is CC1CN(C)CCN1Cc1ccc(F)c(C#CCN)c1. The van der Waals surface area contributed by atoms with Gasteiger partial charge in [-0.1, -0.05) is 17.9 Å². The second kappa shape index (κ2) is 6.85. The summed E-state index contributed by atoms with van der Waals surface area (Å²) in [5, 5.41) is 0. The van der Waals surface area contributed by atoms with Crippen molar-refractivity contribution in [1.29, 1.82) is 0 Å². The van der Waals surface area contributed by atoms with Crippen LogP contribution in [0.5, 0.6) is 0 Å². The van der Waals surface area contributed by atoms with E-state index in [4.69, 9.17) is 5.73 Å². The molecule has 4 heteroatoms. The third-order valence-electron chi connectivity index (χ3n) is 3.71. The van der Waals surface area contributed by atoms with E-state index in [1.165, 1.54) is 6.07 Å². The molecule has 1 heterocycles. The summed E-state index contributed by atoms with van der Waals surface area (Å²) < 4.78 is 13.6. The molecule has 1 unspecified atom stereocenters. The van der Waals surface area contributed by atoms with Crippen molar-refractivity contribution in [2.24, 2.45) is 5.73 Å². The second-order valence-corrected chi connectivity index (χ2v) is 5.40. The number of piperazine rings is 1. The Kier molecular flexibility index (Phi) is 5.13. The van der Waals surface area contributed by atoms with Crippen molar-refractivity contribution in [3.63, 3.8) is 0 Å². The Labute approximate surface area is 120 Å². The number of halogens is 1. The Morgan fingerprint density at radius 1 is 1.40 bits per heavy atom. The lowest BCUT2D eigenvalue weighted by Gasteiger charge is -2.38. The summed E-state index contributed by atoms with van der Waals surface area (Å²) in [7, 11) is 2.15. The van der Waals surface area contributed by atoms with Gasteiger partial charge in [-0.25, -0.2) is 4.39 Å². The number of hydrogen-bond donors (Lipinski definition) is 1. The van der Waals surface area contributed by atoms with Gasteiger partial charge in [-0.3, -0.25) is 4.90 Å². The first-order valence-electron chi connectivity index (χ1n) is 7.00. The van der Waals surface area contributed by atoms with Gasteiger partial charge in [0.2, 0.25) is 0 Å². The highest BCUT2D eigenvalue weighted by Gasteiger charge is 2.21. The van der Waals surface area contributed by atoms with Gasteiger partial charge in [0.15, 0.2) is 0 Å². The average molecular weight is 275 g/mol. The molecule has 0 radical (unpaired) electrons. The van der Waals surface area contributed by atoms with E-state index in [1.54, 1.807) is 0 Å². The molecule has 1 aliphatic heterocycles. The van der Waals surface area contributed by atoms with Crippen LogP contribution < -0.4 is 5.73 Å². The van der Waals surface area contributed by atoms with E-state index in [9.17, 15) is 4.39 Å². The van der Waals surface area contributed by atoms with Crippen molar-refractivity contribution < 1.29 is 4.39 Å². The number of benzene rings is 1. The fourth-order valence-corrected chi connectivity index (χ4v) is 2.56. The Morgan fingerprint density at radius 3 is 2.90 bits per heavy atom. The lowest BCUT2D eigenvalue weighted by atomic mass is 10.1. The lowest BCUT2D eigenvalue weighted by Crippen LogP contribution is -2.49. The van der Waals surface area contributed by atoms with Gasteiger partial charge in [-0.2, -0.15) is 0 Å². The molecule has 1 aromatic rings. The van der Waals surface area contributed by atoms with Crippen LogP contribution in [0, 0.1) is 17.7 Å². The summed E-state index contributed by atoms with van der Waals surface area (Å²) >= 11 is 0. The zero-order valence-corrected chi connectivity index (χ0v) is 12.2. The van der Waals surface area contributed by atoms with E-state index in [2.05, 4.69) is 35.6 Å². The highest BCUT2D eigenvalue weighted by molar-refractivity contribution is 5.38. The molecule has 2 N–H and O–H groups in total. The average Bonchev–Trinajstić information content (AvgIpc) is 2.42. The Bertz CT molecular complexity index is 518. The molecule has 108 valence electrons. The number of rotatable bonds is 2. The zero-order chi connectivity index (χ0) is 14.5. The molecule has 1 atom stereocenters. The molecule has 0 spiro atoms. The van der Waals surface area contributed by atoms with Crippen LogP contribution in [0.3, 0.4) is 0 Å². The maximum absolute atomic E-state index is 13.6. The first kappa shape index (κ1) is 15.0. The second-order valence-electron chi connectivity index (χ2n) is 5.40. The minimum Gasteiger partial charge on any atom is -0.320 e. The predicted molar refractivity (Wildman–Crippen MR) is 79.7 cm³/mol. The summed E-state index contributed by atoms with van der Waals surface area (Å²) in [6.07, 6.45) is 0. The van der Waals surface area contributed by atoms with Crippen LogP contribution in [0.25, 0.3) is 0 Å². The number of likely N-dealkylation sites (N-methyl/N-ethyl adjacent to an activating group) is 1. The molecule has 0 bridgehead atoms. The molecule has 3 nitrogen and oxygen atoms in total. The Hall–Kier alpha value is -1.41. The summed E-state index contributed by atoms with van der Waals surface area (Å²) in [5.41, 5.74) is 6.88. The number of nitrogens with two attached hydrogens (primary N) is 1. The number of hydrogen-bond acceptors (Lipinski definition) is 3. The number of nitrogens with zero attached hydrogens (tertiary/aromatic N) is 2. The predicted octanol–water partition coefficient (Wildman–Crippen LogP) is 1.27. The largest absolute Gasteiger partial charge is 0.320 e. The van der Waals surface area contributed by atoms with Crippen LogP contribution in [-0.4, -0.2) is 49.1 Å². The molecule has 0 amide bonds. The minimum absolute atomic E-state index is 0.249. The van der Waals surface area contributed by atoms with Gasteiger partial charge in [0.1, 0.15) is 5.82 Å². The quantitative estimate of drug-likeness (QED) is 0.825. The molecular weight excluding hydrogens is 253 g/mol. The fourth-order valence-electron chi connectivity index (χ4n) is 2.56. The smallest absolute Gasteiger partial charge is 0.138 e. The molecule has 0 aromatic heterocycles. The normalized spacial score (nSPS) is 20.5. The van der Waals surface area contributed by atoms with Crippen molar-refractivity contribution in [1.82, 2.24) is 9.80 Å². The van der Waals surface area contributed by atoms with Gasteiger partial charge < -0.3 is 10.6 Å². The summed E-state index contributed by atoms with van der Waals surface area (Å²) in [4.78, 5) is 4.76. The van der Waals surface area contributed by atoms with Gasteiger partial charge in [0.25, 0.3) is 0 Å². The van der Waals surface area contributed by atoms with Gasteiger partial charge in [-0.05, 0) is 31.7 Å². The molecule has 0 saturated carbocycles. The van der Waals surface area contributed by atoms with Crippen LogP contribution in [0.1, 0.15) is 18.1 Å². The van der Waals surface area contributed by atoms with E-state index in [0.29, 0.717) is 11.6 Å². The lowest BCUT2D eigenvalue weighted by molar-refractivity contribution is 0.0938. The van der Waals surface area contributed by atoms with Crippen molar-refractivity contribution in [2.75, 3.05) is 33.2 Å². The zero-order valence-electron chi connectivity index (χ0n) is 12.2. The van der Waals surface area contributed by atoms with E-state index < -0.39 is 0 Å². The van der Waals surface area contributed by atoms with Gasteiger partial charge >= 0.3 is 0 Å². The third kappa shape index (κ3) is 3.80. The van der Waals surface area contributed by atoms with Crippen LogP contribution >= 0.6 is 0 Å². The van der Waals surface area contributed by atoms with Crippen molar-refractivity contribution >= 4 is 0 Å². The van der Waals surface area contributed by atoms with Crippen LogP contribution in [0.2, 0.25) is 0 Å². The molecule has 0 aliphatic carbocycles. The molecule has 1 aliphatic rings. The topological polar surface area (TPSA) is 32.5 Å². The first-order valence-corrected chi connectivity index (χ1v) is 7.00.